The second-order valence-corrected chi connectivity index (χ2v) is 4.90. The third-order valence-corrected chi connectivity index (χ3v) is 3.35. The summed E-state index contributed by atoms with van der Waals surface area (Å²) in [5, 5.41) is 8.88. The zero-order chi connectivity index (χ0) is 16.9. The van der Waals surface area contributed by atoms with Crippen LogP contribution in [0.15, 0.2) is 48.8 Å². The summed E-state index contributed by atoms with van der Waals surface area (Å²) in [5.74, 6) is 0.446. The molecular weight excluding hydrogens is 308 g/mol. The molecule has 1 N–H and O–H groups in total. The largest absolute Gasteiger partial charge is 0.493 e. The Morgan fingerprint density at radius 2 is 2.12 bits per heavy atom. The summed E-state index contributed by atoms with van der Waals surface area (Å²) < 4.78 is 12.2. The van der Waals surface area contributed by atoms with Crippen LogP contribution >= 0.6 is 0 Å². The van der Waals surface area contributed by atoms with Crippen molar-refractivity contribution in [3.8, 4) is 17.6 Å². The number of nitriles is 1. The number of benzene rings is 2. The quantitative estimate of drug-likeness (QED) is 0.776. The van der Waals surface area contributed by atoms with Crippen molar-refractivity contribution in [1.82, 2.24) is 9.66 Å². The zero-order valence-corrected chi connectivity index (χ0v) is 12.9. The summed E-state index contributed by atoms with van der Waals surface area (Å²) in [4.78, 5) is 16.3. The van der Waals surface area contributed by atoms with Gasteiger partial charge in [-0.15, -0.1) is 0 Å². The number of ether oxygens (including phenoxy) is 2. The number of hydrogen-bond donors (Lipinski definition) is 1. The van der Waals surface area contributed by atoms with Gasteiger partial charge in [-0.1, -0.05) is 12.1 Å². The molecule has 0 aliphatic carbocycles. The van der Waals surface area contributed by atoms with Gasteiger partial charge in [0.05, 0.1) is 29.8 Å². The number of fused-ring (bicyclic) bond motifs is 1. The van der Waals surface area contributed by atoms with Gasteiger partial charge < -0.3 is 9.47 Å². The third kappa shape index (κ3) is 3.13. The molecule has 24 heavy (non-hydrogen) atoms. The molecule has 3 aromatic rings. The maximum Gasteiger partial charge on any atom is 0.276 e. The number of carbonyl (C=O) groups is 1. The Kier molecular flexibility index (Phi) is 4.29. The summed E-state index contributed by atoms with van der Waals surface area (Å²) >= 11 is 0. The molecule has 0 atom stereocenters. The molecule has 1 aromatic heterocycles. The Balaban J connectivity index is 1.67. The van der Waals surface area contributed by atoms with Crippen LogP contribution in [-0.4, -0.2) is 29.3 Å². The summed E-state index contributed by atoms with van der Waals surface area (Å²) in [7, 11) is 1.47. The number of rotatable bonds is 5. The summed E-state index contributed by atoms with van der Waals surface area (Å²) in [6, 6.07) is 14.2. The number of para-hydroxylation sites is 2. The van der Waals surface area contributed by atoms with Gasteiger partial charge in [-0.2, -0.15) is 5.26 Å². The van der Waals surface area contributed by atoms with Crippen LogP contribution in [0.2, 0.25) is 0 Å². The van der Waals surface area contributed by atoms with Gasteiger partial charge in [0.15, 0.2) is 18.1 Å². The number of carbonyl (C=O) groups excluding carboxylic acids is 1. The number of amides is 1. The molecule has 0 saturated heterocycles. The maximum absolute atomic E-state index is 12.1. The molecule has 7 heteroatoms. The zero-order valence-electron chi connectivity index (χ0n) is 12.9. The van der Waals surface area contributed by atoms with Crippen molar-refractivity contribution in [3.63, 3.8) is 0 Å². The molecule has 1 heterocycles. The fourth-order valence-electron chi connectivity index (χ4n) is 2.21. The Bertz CT molecular complexity index is 927. The Hall–Kier alpha value is -3.53. The lowest BCUT2D eigenvalue weighted by Gasteiger charge is -2.11. The minimum absolute atomic E-state index is 0.200. The normalized spacial score (nSPS) is 10.2. The van der Waals surface area contributed by atoms with Gasteiger partial charge >= 0.3 is 0 Å². The molecule has 120 valence electrons. The van der Waals surface area contributed by atoms with Crippen molar-refractivity contribution in [1.29, 1.82) is 5.26 Å². The van der Waals surface area contributed by atoms with Gasteiger partial charge in [-0.3, -0.25) is 10.2 Å². The van der Waals surface area contributed by atoms with E-state index in [1.54, 1.807) is 18.2 Å². The molecule has 3 rings (SSSR count). The van der Waals surface area contributed by atoms with E-state index in [-0.39, 0.29) is 12.5 Å². The average molecular weight is 322 g/mol. The molecule has 0 saturated carbocycles. The second kappa shape index (κ2) is 6.71. The van der Waals surface area contributed by atoms with E-state index in [0.717, 1.165) is 11.0 Å². The molecule has 1 amide bonds. The van der Waals surface area contributed by atoms with Gasteiger partial charge in [-0.05, 0) is 24.3 Å². The first-order valence-electron chi connectivity index (χ1n) is 7.14. The Morgan fingerprint density at radius 1 is 1.29 bits per heavy atom. The van der Waals surface area contributed by atoms with Crippen LogP contribution in [0.4, 0.5) is 0 Å². The predicted octanol–water partition coefficient (Wildman–Crippen LogP) is 2.07. The molecular formula is C17H14N4O3. The van der Waals surface area contributed by atoms with E-state index in [4.69, 9.17) is 14.7 Å². The number of methoxy groups -OCH3 is 1. The van der Waals surface area contributed by atoms with Crippen LogP contribution in [0.3, 0.4) is 0 Å². The molecule has 0 radical (unpaired) electrons. The SMILES string of the molecule is COc1cc(C#N)ccc1OCC(=O)Nn1cnc2ccccc21. The molecule has 2 aromatic carbocycles. The van der Waals surface area contributed by atoms with E-state index in [1.165, 1.54) is 18.1 Å². The monoisotopic (exact) mass is 322 g/mol. The number of hydrogen-bond acceptors (Lipinski definition) is 5. The van der Waals surface area contributed by atoms with Crippen LogP contribution in [0.1, 0.15) is 5.56 Å². The van der Waals surface area contributed by atoms with Crippen LogP contribution in [0.25, 0.3) is 11.0 Å². The van der Waals surface area contributed by atoms with Crippen molar-refractivity contribution in [3.05, 3.63) is 54.4 Å². The first-order valence-corrected chi connectivity index (χ1v) is 7.14. The number of nitrogens with zero attached hydrogens (tertiary/aromatic N) is 3. The minimum atomic E-state index is -0.343. The van der Waals surface area contributed by atoms with Gasteiger partial charge in [0, 0.05) is 6.07 Å². The highest BCUT2D eigenvalue weighted by molar-refractivity contribution is 5.87. The second-order valence-electron chi connectivity index (χ2n) is 4.90. The van der Waals surface area contributed by atoms with Gasteiger partial charge in [-0.25, -0.2) is 9.66 Å². The average Bonchev–Trinajstić information content (AvgIpc) is 3.03. The van der Waals surface area contributed by atoms with Gasteiger partial charge in [0.25, 0.3) is 5.91 Å². The third-order valence-electron chi connectivity index (χ3n) is 3.35. The fourth-order valence-corrected chi connectivity index (χ4v) is 2.21. The summed E-state index contributed by atoms with van der Waals surface area (Å²) in [6.45, 7) is -0.200. The topological polar surface area (TPSA) is 89.2 Å². The maximum atomic E-state index is 12.1. The first-order chi connectivity index (χ1) is 11.7. The van der Waals surface area contributed by atoms with Crippen LogP contribution in [-0.2, 0) is 4.79 Å². The smallest absolute Gasteiger partial charge is 0.276 e. The number of aromatic nitrogens is 2. The van der Waals surface area contributed by atoms with E-state index in [9.17, 15) is 4.79 Å². The molecule has 0 aliphatic heterocycles. The molecule has 0 unspecified atom stereocenters. The highest BCUT2D eigenvalue weighted by Crippen LogP contribution is 2.27. The summed E-state index contributed by atoms with van der Waals surface area (Å²) in [6.07, 6.45) is 1.53. The predicted molar refractivity (Wildman–Crippen MR) is 87.3 cm³/mol. The highest BCUT2D eigenvalue weighted by Gasteiger charge is 2.10. The standard InChI is InChI=1S/C17H14N4O3/c1-23-16-8-12(9-18)6-7-15(16)24-10-17(22)20-21-11-19-13-4-2-3-5-14(13)21/h2-8,11H,10H2,1H3,(H,20,22). The van der Waals surface area contributed by atoms with Crippen molar-refractivity contribution in [2.24, 2.45) is 0 Å². The van der Waals surface area contributed by atoms with E-state index in [2.05, 4.69) is 10.4 Å². The fraction of sp³-hybridized carbons (Fsp3) is 0.118. The number of imidazole rings is 1. The van der Waals surface area contributed by atoms with Crippen LogP contribution < -0.4 is 14.9 Å². The molecule has 0 fully saturated rings. The first kappa shape index (κ1) is 15.4. The van der Waals surface area contributed by atoms with Crippen LogP contribution in [0.5, 0.6) is 11.5 Å². The Labute approximate surface area is 138 Å². The lowest BCUT2D eigenvalue weighted by atomic mass is 10.2. The van der Waals surface area contributed by atoms with Gasteiger partial charge in [0.1, 0.15) is 6.33 Å². The lowest BCUT2D eigenvalue weighted by Crippen LogP contribution is -2.27. The molecule has 0 aliphatic rings. The van der Waals surface area contributed by atoms with Gasteiger partial charge in [0.2, 0.25) is 0 Å². The van der Waals surface area contributed by atoms with Crippen molar-refractivity contribution >= 4 is 16.9 Å². The Morgan fingerprint density at radius 3 is 2.92 bits per heavy atom. The van der Waals surface area contributed by atoms with E-state index in [1.807, 2.05) is 30.3 Å². The number of nitrogens with one attached hydrogen (secondary N) is 1. The van der Waals surface area contributed by atoms with E-state index >= 15 is 0 Å². The van der Waals surface area contributed by atoms with E-state index < -0.39 is 0 Å². The summed E-state index contributed by atoms with van der Waals surface area (Å²) in [5.41, 5.74) is 4.72. The van der Waals surface area contributed by atoms with Crippen LogP contribution in [0, 0.1) is 11.3 Å². The van der Waals surface area contributed by atoms with Crippen molar-refractivity contribution in [2.75, 3.05) is 19.1 Å². The minimum Gasteiger partial charge on any atom is -0.493 e. The highest BCUT2D eigenvalue weighted by atomic mass is 16.5. The molecule has 0 bridgehead atoms. The molecule has 7 nitrogen and oxygen atoms in total. The lowest BCUT2D eigenvalue weighted by molar-refractivity contribution is -0.119. The molecule has 0 spiro atoms. The van der Waals surface area contributed by atoms with Crippen molar-refractivity contribution < 1.29 is 14.3 Å². The van der Waals surface area contributed by atoms with E-state index in [0.29, 0.717) is 17.1 Å². The van der Waals surface area contributed by atoms with Crippen molar-refractivity contribution in [2.45, 2.75) is 0 Å².